The van der Waals surface area contributed by atoms with Crippen molar-refractivity contribution >= 4 is 29.9 Å². The van der Waals surface area contributed by atoms with Gasteiger partial charge in [-0.3, -0.25) is 9.89 Å². The Morgan fingerprint density at radius 2 is 2.23 bits per heavy atom. The maximum Gasteiger partial charge on any atom is 0.188 e. The third kappa shape index (κ3) is 5.77. The van der Waals surface area contributed by atoms with Crippen molar-refractivity contribution in [3.05, 3.63) is 24.2 Å². The number of likely N-dealkylation sites (tertiary alicyclic amines) is 1. The molecule has 0 spiro atoms. The molecule has 0 radical (unpaired) electrons. The van der Waals surface area contributed by atoms with Crippen LogP contribution < -0.4 is 11.1 Å². The van der Waals surface area contributed by atoms with Gasteiger partial charge in [-0.1, -0.05) is 0 Å². The van der Waals surface area contributed by atoms with Gasteiger partial charge in [-0.05, 0) is 45.0 Å². The molecule has 1 aliphatic heterocycles. The van der Waals surface area contributed by atoms with Gasteiger partial charge in [0.05, 0.1) is 25.5 Å². The summed E-state index contributed by atoms with van der Waals surface area (Å²) in [6, 6.07) is 4.24. The molecule has 0 bridgehead atoms. The Morgan fingerprint density at radius 1 is 1.50 bits per heavy atom. The zero-order valence-electron chi connectivity index (χ0n) is 13.3. The molecule has 0 amide bonds. The number of nitrogens with two attached hydrogens (primary N) is 1. The van der Waals surface area contributed by atoms with Gasteiger partial charge in [-0.25, -0.2) is 0 Å². The Bertz CT molecular complexity index is 433. The van der Waals surface area contributed by atoms with Crippen LogP contribution in [0.5, 0.6) is 0 Å². The molecule has 0 aromatic carbocycles. The average molecular weight is 422 g/mol. The molecule has 2 atom stereocenters. The standard InChI is InChI=1S/C15H26N4O2.HI/c1-12(11-20-2)18-15(16)17-10-13(14-6-5-9-21-14)19-7-3-4-8-19;/h5-6,9,12-13H,3-4,7-8,10-11H2,1-2H3,(H3,16,17,18);1H. The van der Waals surface area contributed by atoms with Crippen LogP contribution in [0.3, 0.4) is 0 Å². The molecule has 0 aliphatic carbocycles. The predicted molar refractivity (Wildman–Crippen MR) is 98.6 cm³/mol. The summed E-state index contributed by atoms with van der Waals surface area (Å²) in [7, 11) is 1.67. The summed E-state index contributed by atoms with van der Waals surface area (Å²) in [5.74, 6) is 1.41. The lowest BCUT2D eigenvalue weighted by atomic mass is 10.2. The van der Waals surface area contributed by atoms with E-state index in [4.69, 9.17) is 14.9 Å². The first kappa shape index (κ1) is 19.2. The maximum absolute atomic E-state index is 5.94. The van der Waals surface area contributed by atoms with E-state index in [1.807, 2.05) is 19.1 Å². The molecule has 6 nitrogen and oxygen atoms in total. The van der Waals surface area contributed by atoms with E-state index < -0.39 is 0 Å². The summed E-state index contributed by atoms with van der Waals surface area (Å²) in [6.45, 7) is 5.40. The highest BCUT2D eigenvalue weighted by Crippen LogP contribution is 2.25. The molecule has 1 saturated heterocycles. The number of hydrogen-bond donors (Lipinski definition) is 2. The van der Waals surface area contributed by atoms with Crippen LogP contribution in [0.15, 0.2) is 27.8 Å². The molecule has 3 N–H and O–H groups in total. The zero-order valence-corrected chi connectivity index (χ0v) is 15.7. The molecule has 2 heterocycles. The lowest BCUT2D eigenvalue weighted by Crippen LogP contribution is -2.41. The van der Waals surface area contributed by atoms with Crippen LogP contribution >= 0.6 is 24.0 Å². The third-order valence-corrected chi connectivity index (χ3v) is 3.70. The number of methoxy groups -OCH3 is 1. The smallest absolute Gasteiger partial charge is 0.188 e. The van der Waals surface area contributed by atoms with E-state index in [9.17, 15) is 0 Å². The number of halogens is 1. The third-order valence-electron chi connectivity index (χ3n) is 3.70. The van der Waals surface area contributed by atoms with Crippen molar-refractivity contribution in [2.75, 3.05) is 33.4 Å². The fourth-order valence-corrected chi connectivity index (χ4v) is 2.69. The molecular formula is C15H27IN4O2. The summed E-state index contributed by atoms with van der Waals surface area (Å²) >= 11 is 0. The second-order valence-corrected chi connectivity index (χ2v) is 5.50. The van der Waals surface area contributed by atoms with E-state index in [1.54, 1.807) is 13.4 Å². The topological polar surface area (TPSA) is 76.0 Å². The maximum atomic E-state index is 5.94. The molecule has 1 fully saturated rings. The van der Waals surface area contributed by atoms with Crippen LogP contribution in [-0.4, -0.2) is 50.3 Å². The number of ether oxygens (including phenoxy) is 1. The highest BCUT2D eigenvalue weighted by atomic mass is 127. The van der Waals surface area contributed by atoms with Gasteiger partial charge in [-0.15, -0.1) is 24.0 Å². The van der Waals surface area contributed by atoms with E-state index in [0.717, 1.165) is 18.8 Å². The van der Waals surface area contributed by atoms with Crippen molar-refractivity contribution in [1.82, 2.24) is 10.2 Å². The lowest BCUT2D eigenvalue weighted by Gasteiger charge is -2.24. The number of hydrogen-bond acceptors (Lipinski definition) is 4. The molecule has 7 heteroatoms. The second-order valence-electron chi connectivity index (χ2n) is 5.50. The zero-order chi connectivity index (χ0) is 15.1. The second kappa shape index (κ2) is 10.1. The van der Waals surface area contributed by atoms with Gasteiger partial charge in [0.2, 0.25) is 0 Å². The SMILES string of the molecule is COCC(C)NC(N)=NCC(c1ccco1)N1CCCC1.I. The van der Waals surface area contributed by atoms with Gasteiger partial charge in [0, 0.05) is 13.2 Å². The summed E-state index contributed by atoms with van der Waals surface area (Å²) in [5, 5.41) is 3.13. The highest BCUT2D eigenvalue weighted by Gasteiger charge is 2.25. The molecule has 1 aliphatic rings. The average Bonchev–Trinajstić information content (AvgIpc) is 3.12. The fourth-order valence-electron chi connectivity index (χ4n) is 2.69. The minimum atomic E-state index is 0. The molecule has 2 rings (SSSR count). The van der Waals surface area contributed by atoms with Gasteiger partial charge in [0.15, 0.2) is 5.96 Å². The minimum absolute atomic E-state index is 0. The molecule has 0 saturated carbocycles. The Morgan fingerprint density at radius 3 is 2.82 bits per heavy atom. The fraction of sp³-hybridized carbons (Fsp3) is 0.667. The van der Waals surface area contributed by atoms with Crippen LogP contribution in [-0.2, 0) is 4.74 Å². The van der Waals surface area contributed by atoms with Gasteiger partial charge in [0.25, 0.3) is 0 Å². The number of furan rings is 1. The summed E-state index contributed by atoms with van der Waals surface area (Å²) in [4.78, 5) is 6.88. The van der Waals surface area contributed by atoms with Gasteiger partial charge in [0.1, 0.15) is 5.76 Å². The number of nitrogens with zero attached hydrogens (tertiary/aromatic N) is 2. The lowest BCUT2D eigenvalue weighted by molar-refractivity contribution is 0.179. The Kier molecular flexibility index (Phi) is 8.81. The summed E-state index contributed by atoms with van der Waals surface area (Å²) < 4.78 is 10.6. The van der Waals surface area contributed by atoms with Crippen molar-refractivity contribution in [2.24, 2.45) is 10.7 Å². The van der Waals surface area contributed by atoms with Crippen LogP contribution in [0.25, 0.3) is 0 Å². The number of nitrogens with one attached hydrogen (secondary N) is 1. The van der Waals surface area contributed by atoms with Crippen LogP contribution in [0.1, 0.15) is 31.6 Å². The van der Waals surface area contributed by atoms with Crippen LogP contribution in [0.4, 0.5) is 0 Å². The first-order chi connectivity index (χ1) is 10.2. The first-order valence-corrected chi connectivity index (χ1v) is 7.53. The van der Waals surface area contributed by atoms with Crippen LogP contribution in [0.2, 0.25) is 0 Å². The van der Waals surface area contributed by atoms with E-state index in [2.05, 4.69) is 15.2 Å². The van der Waals surface area contributed by atoms with Gasteiger partial charge in [-0.2, -0.15) is 0 Å². The Balaban J connectivity index is 0.00000242. The molecular weight excluding hydrogens is 395 g/mol. The highest BCUT2D eigenvalue weighted by molar-refractivity contribution is 14.0. The molecule has 1 aromatic heterocycles. The number of rotatable bonds is 7. The molecule has 126 valence electrons. The van der Waals surface area contributed by atoms with Crippen molar-refractivity contribution in [1.29, 1.82) is 0 Å². The predicted octanol–water partition coefficient (Wildman–Crippen LogP) is 1.97. The van der Waals surface area contributed by atoms with Crippen LogP contribution in [0, 0.1) is 0 Å². The minimum Gasteiger partial charge on any atom is -0.468 e. The van der Waals surface area contributed by atoms with Crippen molar-refractivity contribution in [3.63, 3.8) is 0 Å². The summed E-state index contributed by atoms with van der Waals surface area (Å²) in [6.07, 6.45) is 4.18. The molecule has 1 aromatic rings. The van der Waals surface area contributed by atoms with E-state index in [0.29, 0.717) is 19.1 Å². The van der Waals surface area contributed by atoms with Gasteiger partial charge >= 0.3 is 0 Å². The largest absolute Gasteiger partial charge is 0.468 e. The Labute approximate surface area is 149 Å². The molecule has 2 unspecified atom stereocenters. The molecule has 22 heavy (non-hydrogen) atoms. The quantitative estimate of drug-likeness (QED) is 0.399. The Hall–Kier alpha value is -0.800. The number of aliphatic imine (C=N–C) groups is 1. The van der Waals surface area contributed by atoms with Gasteiger partial charge < -0.3 is 20.2 Å². The summed E-state index contributed by atoms with van der Waals surface area (Å²) in [5.41, 5.74) is 5.94. The monoisotopic (exact) mass is 422 g/mol. The van der Waals surface area contributed by atoms with Crippen molar-refractivity contribution in [2.45, 2.75) is 31.8 Å². The van der Waals surface area contributed by atoms with E-state index >= 15 is 0 Å². The van der Waals surface area contributed by atoms with Crippen molar-refractivity contribution < 1.29 is 9.15 Å². The number of guanidine groups is 1. The normalized spacial score (nSPS) is 18.7. The van der Waals surface area contributed by atoms with Crippen molar-refractivity contribution in [3.8, 4) is 0 Å². The first-order valence-electron chi connectivity index (χ1n) is 7.53. The van der Waals surface area contributed by atoms with E-state index in [-0.39, 0.29) is 36.1 Å². The van der Waals surface area contributed by atoms with E-state index in [1.165, 1.54) is 12.8 Å².